The van der Waals surface area contributed by atoms with Crippen molar-refractivity contribution in [3.63, 3.8) is 0 Å². The van der Waals surface area contributed by atoms with Crippen molar-refractivity contribution in [2.75, 3.05) is 0 Å². The maximum atomic E-state index is 2.50. The lowest BCUT2D eigenvalue weighted by Gasteiger charge is -2.39. The highest BCUT2D eigenvalue weighted by Crippen LogP contribution is 2.43. The van der Waals surface area contributed by atoms with E-state index in [0.29, 0.717) is 0 Å². The lowest BCUT2D eigenvalue weighted by molar-refractivity contribution is 0.133. The Morgan fingerprint density at radius 1 is 0.900 bits per heavy atom. The Bertz CT molecular complexity index is 274. The summed E-state index contributed by atoms with van der Waals surface area (Å²) in [5.74, 6) is 5.07. The van der Waals surface area contributed by atoms with Crippen LogP contribution in [0.3, 0.4) is 0 Å². The Balaban J connectivity index is 1.72. The zero-order valence-corrected chi connectivity index (χ0v) is 14.1. The molecule has 0 nitrogen and oxygen atoms in total. The van der Waals surface area contributed by atoms with Gasteiger partial charge in [-0.1, -0.05) is 38.8 Å². The third kappa shape index (κ3) is 4.37. The van der Waals surface area contributed by atoms with Crippen LogP contribution in [0.25, 0.3) is 0 Å². The summed E-state index contributed by atoms with van der Waals surface area (Å²) in [6, 6.07) is 0. The Morgan fingerprint density at radius 2 is 1.45 bits per heavy atom. The number of allylic oxidation sites excluding steroid dienone is 2. The minimum absolute atomic E-state index is 0.900. The highest BCUT2D eigenvalue weighted by atomic mass is 14.4. The standard InChI is InChI=1S/C20H36/c1-4-6-16(3)18-12-14-20(15-13-18)19-10-8-17(7-5-2)9-11-19/h5,7,16-20H,4,6,8-15H2,1-3H3. The van der Waals surface area contributed by atoms with Crippen LogP contribution in [-0.2, 0) is 0 Å². The average Bonchev–Trinajstić information content (AvgIpc) is 2.49. The van der Waals surface area contributed by atoms with Crippen molar-refractivity contribution in [3.8, 4) is 0 Å². The van der Waals surface area contributed by atoms with Gasteiger partial charge in [0, 0.05) is 0 Å². The maximum Gasteiger partial charge on any atom is -0.0233 e. The molecule has 2 aliphatic carbocycles. The molecule has 0 aromatic heterocycles. The molecule has 0 amide bonds. The fraction of sp³-hybridized carbons (Fsp3) is 0.900. The van der Waals surface area contributed by atoms with Gasteiger partial charge in [0.25, 0.3) is 0 Å². The Hall–Kier alpha value is -0.260. The maximum absolute atomic E-state index is 2.50. The minimum atomic E-state index is 0.900. The first kappa shape index (κ1) is 16.1. The molecule has 2 fully saturated rings. The molecule has 0 saturated heterocycles. The molecule has 0 heterocycles. The molecule has 116 valence electrons. The second-order valence-corrected chi connectivity index (χ2v) is 7.64. The molecule has 2 saturated carbocycles. The molecule has 0 radical (unpaired) electrons. The molecular formula is C20H36. The van der Waals surface area contributed by atoms with Gasteiger partial charge in [-0.3, -0.25) is 0 Å². The number of hydrogen-bond donors (Lipinski definition) is 0. The van der Waals surface area contributed by atoms with E-state index in [-0.39, 0.29) is 0 Å². The van der Waals surface area contributed by atoms with E-state index in [1.807, 2.05) is 0 Å². The summed E-state index contributed by atoms with van der Waals surface area (Å²) in [7, 11) is 0. The van der Waals surface area contributed by atoms with E-state index >= 15 is 0 Å². The first-order valence-corrected chi connectivity index (χ1v) is 9.37. The summed E-state index contributed by atoms with van der Waals surface area (Å²) < 4.78 is 0. The second-order valence-electron chi connectivity index (χ2n) is 7.64. The highest BCUT2D eigenvalue weighted by molar-refractivity contribution is 4.90. The van der Waals surface area contributed by atoms with E-state index < -0.39 is 0 Å². The zero-order valence-electron chi connectivity index (χ0n) is 14.1. The van der Waals surface area contributed by atoms with Gasteiger partial charge >= 0.3 is 0 Å². The zero-order chi connectivity index (χ0) is 14.4. The predicted octanol–water partition coefficient (Wildman–Crippen LogP) is 6.61. The molecule has 2 aliphatic rings. The quantitative estimate of drug-likeness (QED) is 0.495. The highest BCUT2D eigenvalue weighted by Gasteiger charge is 2.31. The van der Waals surface area contributed by atoms with E-state index in [1.54, 1.807) is 0 Å². The van der Waals surface area contributed by atoms with Crippen LogP contribution >= 0.6 is 0 Å². The lowest BCUT2D eigenvalue weighted by atomic mass is 9.67. The summed E-state index contributed by atoms with van der Waals surface area (Å²) in [4.78, 5) is 0. The van der Waals surface area contributed by atoms with Gasteiger partial charge in [0.05, 0.1) is 0 Å². The molecule has 0 spiro atoms. The van der Waals surface area contributed by atoms with E-state index in [2.05, 4.69) is 32.9 Å². The molecule has 0 bridgehead atoms. The van der Waals surface area contributed by atoms with E-state index in [9.17, 15) is 0 Å². The summed E-state index contributed by atoms with van der Waals surface area (Å²) in [6.07, 6.45) is 19.6. The van der Waals surface area contributed by atoms with Gasteiger partial charge in [-0.25, -0.2) is 0 Å². The third-order valence-electron chi connectivity index (χ3n) is 6.31. The smallest absolute Gasteiger partial charge is 0.0233 e. The Morgan fingerprint density at radius 3 is 1.95 bits per heavy atom. The predicted molar refractivity (Wildman–Crippen MR) is 89.8 cm³/mol. The molecule has 1 unspecified atom stereocenters. The van der Waals surface area contributed by atoms with Crippen molar-refractivity contribution in [1.82, 2.24) is 0 Å². The molecule has 0 aromatic rings. The van der Waals surface area contributed by atoms with Crippen molar-refractivity contribution in [1.29, 1.82) is 0 Å². The average molecular weight is 277 g/mol. The van der Waals surface area contributed by atoms with Crippen LogP contribution < -0.4 is 0 Å². The van der Waals surface area contributed by atoms with E-state index in [1.165, 1.54) is 64.2 Å². The van der Waals surface area contributed by atoms with Crippen molar-refractivity contribution >= 4 is 0 Å². The van der Waals surface area contributed by atoms with Crippen LogP contribution in [-0.4, -0.2) is 0 Å². The van der Waals surface area contributed by atoms with Gasteiger partial charge in [-0.2, -0.15) is 0 Å². The third-order valence-corrected chi connectivity index (χ3v) is 6.31. The molecule has 0 aliphatic heterocycles. The molecule has 0 heteroatoms. The van der Waals surface area contributed by atoms with E-state index in [0.717, 1.165) is 29.6 Å². The van der Waals surface area contributed by atoms with E-state index in [4.69, 9.17) is 0 Å². The summed E-state index contributed by atoms with van der Waals surface area (Å²) in [5.41, 5.74) is 0. The summed E-state index contributed by atoms with van der Waals surface area (Å²) >= 11 is 0. The first-order chi connectivity index (χ1) is 9.74. The van der Waals surface area contributed by atoms with Crippen LogP contribution in [0, 0.1) is 29.6 Å². The van der Waals surface area contributed by atoms with Crippen molar-refractivity contribution < 1.29 is 0 Å². The number of hydrogen-bond acceptors (Lipinski definition) is 0. The van der Waals surface area contributed by atoms with Gasteiger partial charge in [0.1, 0.15) is 0 Å². The SMILES string of the molecule is CC=CC1CCC(C2CCC(C(C)CCC)CC2)CC1. The van der Waals surface area contributed by atoms with Gasteiger partial charge in [-0.05, 0) is 87.9 Å². The van der Waals surface area contributed by atoms with Gasteiger partial charge in [0.15, 0.2) is 0 Å². The van der Waals surface area contributed by atoms with Gasteiger partial charge in [-0.15, -0.1) is 0 Å². The fourth-order valence-corrected chi connectivity index (χ4v) is 4.96. The van der Waals surface area contributed by atoms with Crippen LogP contribution in [0.2, 0.25) is 0 Å². The summed E-state index contributed by atoms with van der Waals surface area (Å²) in [6.45, 7) is 7.01. The van der Waals surface area contributed by atoms with Crippen molar-refractivity contribution in [2.24, 2.45) is 29.6 Å². The molecule has 0 N–H and O–H groups in total. The van der Waals surface area contributed by atoms with Crippen LogP contribution in [0.15, 0.2) is 12.2 Å². The van der Waals surface area contributed by atoms with Gasteiger partial charge < -0.3 is 0 Å². The van der Waals surface area contributed by atoms with Crippen LogP contribution in [0.1, 0.15) is 85.0 Å². The molecule has 0 aromatic carbocycles. The fourth-order valence-electron chi connectivity index (χ4n) is 4.96. The monoisotopic (exact) mass is 276 g/mol. The largest absolute Gasteiger partial charge is 0.0914 e. The molecular weight excluding hydrogens is 240 g/mol. The molecule has 2 rings (SSSR count). The topological polar surface area (TPSA) is 0 Å². The summed E-state index contributed by atoms with van der Waals surface area (Å²) in [5, 5.41) is 0. The molecule has 20 heavy (non-hydrogen) atoms. The minimum Gasteiger partial charge on any atom is -0.0914 e. The second kappa shape index (κ2) is 8.25. The van der Waals surface area contributed by atoms with Crippen molar-refractivity contribution in [3.05, 3.63) is 12.2 Å². The van der Waals surface area contributed by atoms with Gasteiger partial charge in [0.2, 0.25) is 0 Å². The van der Waals surface area contributed by atoms with Crippen LogP contribution in [0.4, 0.5) is 0 Å². The van der Waals surface area contributed by atoms with Crippen molar-refractivity contribution in [2.45, 2.75) is 85.0 Å². The Labute approximate surface area is 127 Å². The normalized spacial score (nSPS) is 37.1. The number of rotatable bonds is 5. The van der Waals surface area contributed by atoms with Crippen LogP contribution in [0.5, 0.6) is 0 Å². The first-order valence-electron chi connectivity index (χ1n) is 9.37. The molecule has 1 atom stereocenters. The lowest BCUT2D eigenvalue weighted by Crippen LogP contribution is -2.27. The Kier molecular flexibility index (Phi) is 6.65.